The third-order valence-electron chi connectivity index (χ3n) is 1.55. The second kappa shape index (κ2) is 5.72. The average molecular weight is 169 g/mol. The monoisotopic (exact) mass is 169 g/mol. The highest BCUT2D eigenvalue weighted by Gasteiger charge is 2.03. The fourth-order valence-corrected chi connectivity index (χ4v) is 0.957. The summed E-state index contributed by atoms with van der Waals surface area (Å²) in [6.45, 7) is 7.66. The predicted octanol–water partition coefficient (Wildman–Crippen LogP) is 2.71. The van der Waals surface area contributed by atoms with Crippen molar-refractivity contribution in [3.63, 3.8) is 0 Å². The molecule has 0 amide bonds. The zero-order valence-corrected chi connectivity index (χ0v) is 7.73. The molecular formula is C10H16FN. The Morgan fingerprint density at radius 2 is 2.08 bits per heavy atom. The van der Waals surface area contributed by atoms with Crippen LogP contribution in [0.15, 0.2) is 35.7 Å². The van der Waals surface area contributed by atoms with Crippen molar-refractivity contribution in [1.82, 2.24) is 0 Å². The van der Waals surface area contributed by atoms with Crippen LogP contribution in [0, 0.1) is 0 Å². The standard InChI is InChI=1S/C10H16FN/c1-4-5-10(11)9(6-7-12)8(2)3/h4-5H,1,6-7,12H2,2-3H3/b10-5+. The number of hydrogen-bond donors (Lipinski definition) is 1. The number of nitrogens with two attached hydrogens (primary N) is 1. The van der Waals surface area contributed by atoms with E-state index in [9.17, 15) is 4.39 Å². The molecule has 0 aromatic rings. The summed E-state index contributed by atoms with van der Waals surface area (Å²) >= 11 is 0. The molecule has 0 bridgehead atoms. The van der Waals surface area contributed by atoms with Gasteiger partial charge in [-0.1, -0.05) is 18.2 Å². The molecular weight excluding hydrogens is 153 g/mol. The quantitative estimate of drug-likeness (QED) is 0.643. The van der Waals surface area contributed by atoms with Crippen LogP contribution in [0.25, 0.3) is 0 Å². The smallest absolute Gasteiger partial charge is 0.126 e. The normalized spacial score (nSPS) is 11.2. The molecule has 2 heteroatoms. The van der Waals surface area contributed by atoms with E-state index in [1.807, 2.05) is 13.8 Å². The summed E-state index contributed by atoms with van der Waals surface area (Å²) in [6.07, 6.45) is 3.38. The molecule has 0 aliphatic rings. The largest absolute Gasteiger partial charge is 0.330 e. The maximum absolute atomic E-state index is 13.2. The van der Waals surface area contributed by atoms with Crippen LogP contribution in [0.1, 0.15) is 20.3 Å². The topological polar surface area (TPSA) is 26.0 Å². The van der Waals surface area contributed by atoms with Crippen LogP contribution in [0.2, 0.25) is 0 Å². The molecule has 0 saturated carbocycles. The Labute approximate surface area is 73.5 Å². The van der Waals surface area contributed by atoms with E-state index in [1.54, 1.807) is 0 Å². The van der Waals surface area contributed by atoms with E-state index in [4.69, 9.17) is 5.73 Å². The molecule has 68 valence electrons. The van der Waals surface area contributed by atoms with Gasteiger partial charge in [0.05, 0.1) is 0 Å². The second-order valence-corrected chi connectivity index (χ2v) is 2.77. The van der Waals surface area contributed by atoms with Crippen LogP contribution in [0.3, 0.4) is 0 Å². The summed E-state index contributed by atoms with van der Waals surface area (Å²) in [5, 5.41) is 0. The van der Waals surface area contributed by atoms with Crippen molar-refractivity contribution in [2.45, 2.75) is 20.3 Å². The van der Waals surface area contributed by atoms with Gasteiger partial charge in [0, 0.05) is 0 Å². The molecule has 0 rings (SSSR count). The average Bonchev–Trinajstić information content (AvgIpc) is 1.99. The lowest BCUT2D eigenvalue weighted by molar-refractivity contribution is 0.635. The van der Waals surface area contributed by atoms with Gasteiger partial charge < -0.3 is 5.73 Å². The van der Waals surface area contributed by atoms with Crippen LogP contribution >= 0.6 is 0 Å². The van der Waals surface area contributed by atoms with E-state index in [0.29, 0.717) is 18.5 Å². The first kappa shape index (κ1) is 11.1. The first-order chi connectivity index (χ1) is 5.63. The Morgan fingerprint density at radius 3 is 2.42 bits per heavy atom. The van der Waals surface area contributed by atoms with Gasteiger partial charge in [0.1, 0.15) is 5.83 Å². The zero-order chi connectivity index (χ0) is 9.56. The summed E-state index contributed by atoms with van der Waals surface area (Å²) in [7, 11) is 0. The highest BCUT2D eigenvalue weighted by Crippen LogP contribution is 2.18. The Balaban J connectivity index is 4.64. The summed E-state index contributed by atoms with van der Waals surface area (Å²) in [4.78, 5) is 0. The van der Waals surface area contributed by atoms with Gasteiger partial charge in [0.15, 0.2) is 0 Å². The molecule has 0 heterocycles. The second-order valence-electron chi connectivity index (χ2n) is 2.77. The lowest BCUT2D eigenvalue weighted by atomic mass is 10.1. The highest BCUT2D eigenvalue weighted by atomic mass is 19.1. The van der Waals surface area contributed by atoms with Gasteiger partial charge in [-0.3, -0.25) is 0 Å². The van der Waals surface area contributed by atoms with E-state index in [2.05, 4.69) is 6.58 Å². The van der Waals surface area contributed by atoms with E-state index >= 15 is 0 Å². The van der Waals surface area contributed by atoms with Crippen molar-refractivity contribution in [2.24, 2.45) is 5.73 Å². The lowest BCUT2D eigenvalue weighted by Gasteiger charge is -2.04. The molecule has 0 unspecified atom stereocenters. The summed E-state index contributed by atoms with van der Waals surface area (Å²) < 4.78 is 13.2. The molecule has 0 aromatic carbocycles. The molecule has 0 atom stereocenters. The van der Waals surface area contributed by atoms with Crippen molar-refractivity contribution in [1.29, 1.82) is 0 Å². The Hall–Kier alpha value is -0.890. The molecule has 0 radical (unpaired) electrons. The molecule has 1 nitrogen and oxygen atoms in total. The van der Waals surface area contributed by atoms with Gasteiger partial charge in [-0.15, -0.1) is 0 Å². The lowest BCUT2D eigenvalue weighted by Crippen LogP contribution is -2.01. The fraction of sp³-hybridized carbons (Fsp3) is 0.400. The molecule has 12 heavy (non-hydrogen) atoms. The van der Waals surface area contributed by atoms with Gasteiger partial charge in [-0.05, 0) is 38.5 Å². The third kappa shape index (κ3) is 3.49. The van der Waals surface area contributed by atoms with Gasteiger partial charge in [0.2, 0.25) is 0 Å². The van der Waals surface area contributed by atoms with Crippen LogP contribution in [0.5, 0.6) is 0 Å². The highest BCUT2D eigenvalue weighted by molar-refractivity contribution is 5.31. The number of hydrogen-bond acceptors (Lipinski definition) is 1. The predicted molar refractivity (Wildman–Crippen MR) is 51.4 cm³/mol. The Morgan fingerprint density at radius 1 is 1.50 bits per heavy atom. The minimum absolute atomic E-state index is 0.226. The van der Waals surface area contributed by atoms with Crippen molar-refractivity contribution in [3.8, 4) is 0 Å². The molecule has 0 aliphatic carbocycles. The van der Waals surface area contributed by atoms with Crippen molar-refractivity contribution in [3.05, 3.63) is 35.7 Å². The SMILES string of the molecule is C=C/C=C(/F)C(CCN)=C(C)C. The molecule has 2 N–H and O–H groups in total. The van der Waals surface area contributed by atoms with Crippen molar-refractivity contribution in [2.75, 3.05) is 6.54 Å². The first-order valence-electron chi connectivity index (χ1n) is 3.98. The number of rotatable bonds is 4. The van der Waals surface area contributed by atoms with Crippen LogP contribution < -0.4 is 5.73 Å². The molecule has 0 fully saturated rings. The molecule has 0 aromatic heterocycles. The van der Waals surface area contributed by atoms with E-state index in [1.165, 1.54) is 12.2 Å². The Kier molecular flexibility index (Phi) is 5.30. The summed E-state index contributed by atoms with van der Waals surface area (Å²) in [5.41, 5.74) is 7.01. The van der Waals surface area contributed by atoms with E-state index < -0.39 is 0 Å². The zero-order valence-electron chi connectivity index (χ0n) is 7.73. The minimum atomic E-state index is -0.226. The maximum atomic E-state index is 13.2. The van der Waals surface area contributed by atoms with Crippen LogP contribution in [-0.2, 0) is 0 Å². The van der Waals surface area contributed by atoms with Crippen molar-refractivity contribution >= 4 is 0 Å². The fourth-order valence-electron chi connectivity index (χ4n) is 0.957. The van der Waals surface area contributed by atoms with Gasteiger partial charge in [-0.25, -0.2) is 4.39 Å². The van der Waals surface area contributed by atoms with E-state index in [-0.39, 0.29) is 5.83 Å². The third-order valence-corrected chi connectivity index (χ3v) is 1.55. The van der Waals surface area contributed by atoms with Crippen molar-refractivity contribution < 1.29 is 4.39 Å². The first-order valence-corrected chi connectivity index (χ1v) is 3.98. The van der Waals surface area contributed by atoms with Gasteiger partial charge in [0.25, 0.3) is 0 Å². The number of allylic oxidation sites excluding steroid dienone is 4. The van der Waals surface area contributed by atoms with Crippen LogP contribution in [-0.4, -0.2) is 6.54 Å². The molecule has 0 saturated heterocycles. The molecule has 0 aliphatic heterocycles. The molecule has 0 spiro atoms. The summed E-state index contributed by atoms with van der Waals surface area (Å²) in [5.74, 6) is -0.226. The van der Waals surface area contributed by atoms with Gasteiger partial charge >= 0.3 is 0 Å². The summed E-state index contributed by atoms with van der Waals surface area (Å²) in [6, 6.07) is 0. The minimum Gasteiger partial charge on any atom is -0.330 e. The number of halogens is 1. The van der Waals surface area contributed by atoms with Gasteiger partial charge in [-0.2, -0.15) is 0 Å². The van der Waals surface area contributed by atoms with E-state index in [0.717, 1.165) is 5.57 Å². The van der Waals surface area contributed by atoms with Crippen LogP contribution in [0.4, 0.5) is 4.39 Å². The Bertz CT molecular complexity index is 210. The maximum Gasteiger partial charge on any atom is 0.126 e.